The van der Waals surface area contributed by atoms with Gasteiger partial charge < -0.3 is 5.32 Å². The Labute approximate surface area is 110 Å². The Kier molecular flexibility index (Phi) is 3.79. The summed E-state index contributed by atoms with van der Waals surface area (Å²) in [6, 6.07) is 5.58. The van der Waals surface area contributed by atoms with Gasteiger partial charge in [-0.05, 0) is 37.8 Å². The molecule has 0 heterocycles. The van der Waals surface area contributed by atoms with Crippen molar-refractivity contribution >= 4 is 5.91 Å². The van der Waals surface area contributed by atoms with Crippen LogP contribution in [0.2, 0.25) is 0 Å². The van der Waals surface area contributed by atoms with E-state index in [4.69, 9.17) is 5.26 Å². The summed E-state index contributed by atoms with van der Waals surface area (Å²) in [5.74, 6) is -2.01. The minimum absolute atomic E-state index is 0.258. The van der Waals surface area contributed by atoms with Crippen LogP contribution >= 0.6 is 0 Å². The summed E-state index contributed by atoms with van der Waals surface area (Å²) in [5, 5.41) is 11.7. The van der Waals surface area contributed by atoms with Gasteiger partial charge in [-0.3, -0.25) is 4.79 Å². The van der Waals surface area contributed by atoms with Crippen molar-refractivity contribution in [2.75, 3.05) is 0 Å². The number of nitrogens with one attached hydrogen (secondary N) is 1. The molecule has 1 aliphatic carbocycles. The molecule has 1 N–H and O–H groups in total. The first kappa shape index (κ1) is 13.5. The molecule has 100 valence electrons. The first-order valence-electron chi connectivity index (χ1n) is 6.21. The lowest BCUT2D eigenvalue weighted by molar-refractivity contribution is -0.121. The predicted molar refractivity (Wildman–Crippen MR) is 65.0 cm³/mol. The molecule has 0 radical (unpaired) electrons. The van der Waals surface area contributed by atoms with Gasteiger partial charge in [0.15, 0.2) is 0 Å². The van der Waals surface area contributed by atoms with E-state index in [1.54, 1.807) is 0 Å². The van der Waals surface area contributed by atoms with E-state index in [2.05, 4.69) is 11.4 Å². The molecule has 0 spiro atoms. The molecule has 0 saturated heterocycles. The maximum Gasteiger partial charge on any atom is 0.225 e. The van der Waals surface area contributed by atoms with Crippen LogP contribution < -0.4 is 5.32 Å². The summed E-state index contributed by atoms with van der Waals surface area (Å²) in [6.45, 7) is 0. The largest absolute Gasteiger partial charge is 0.338 e. The van der Waals surface area contributed by atoms with Crippen molar-refractivity contribution in [1.29, 1.82) is 5.26 Å². The van der Waals surface area contributed by atoms with Gasteiger partial charge in [0.1, 0.15) is 17.2 Å². The van der Waals surface area contributed by atoms with Gasteiger partial charge in [0.05, 0.1) is 12.5 Å². The van der Waals surface area contributed by atoms with Gasteiger partial charge in [-0.15, -0.1) is 0 Å². The molecule has 1 aliphatic rings. The molecular formula is C14H14F2N2O. The highest BCUT2D eigenvalue weighted by molar-refractivity contribution is 5.80. The molecule has 0 atom stereocenters. The normalized spacial score (nSPS) is 16.9. The Morgan fingerprint density at radius 3 is 2.42 bits per heavy atom. The fourth-order valence-corrected chi connectivity index (χ4v) is 2.42. The molecule has 0 aliphatic heterocycles. The molecule has 1 saturated carbocycles. The standard InChI is InChI=1S/C14H14F2N2O/c15-11-4-3-5-12(16)10(11)8-13(19)18-14(9-17)6-1-2-7-14/h3-5H,1-2,6-8H2,(H,18,19). The lowest BCUT2D eigenvalue weighted by Crippen LogP contribution is -2.45. The summed E-state index contributed by atoms with van der Waals surface area (Å²) >= 11 is 0. The highest BCUT2D eigenvalue weighted by atomic mass is 19.1. The van der Waals surface area contributed by atoms with E-state index in [1.807, 2.05) is 0 Å². The Bertz CT molecular complexity index is 510. The third-order valence-corrected chi connectivity index (χ3v) is 3.45. The molecule has 1 fully saturated rings. The summed E-state index contributed by atoms with van der Waals surface area (Å²) in [4.78, 5) is 11.8. The molecule has 1 aromatic rings. The number of benzene rings is 1. The number of carbonyl (C=O) groups excluding carboxylic acids is 1. The summed E-state index contributed by atoms with van der Waals surface area (Å²) in [5.41, 5.74) is -1.12. The topological polar surface area (TPSA) is 52.9 Å². The zero-order chi connectivity index (χ0) is 13.9. The SMILES string of the molecule is N#CC1(NC(=O)Cc2c(F)cccc2F)CCCC1. The van der Waals surface area contributed by atoms with Gasteiger partial charge in [-0.25, -0.2) is 8.78 Å². The van der Waals surface area contributed by atoms with E-state index >= 15 is 0 Å². The number of carbonyl (C=O) groups is 1. The third kappa shape index (κ3) is 2.90. The van der Waals surface area contributed by atoms with Crippen LogP contribution in [0.25, 0.3) is 0 Å². The van der Waals surface area contributed by atoms with Gasteiger partial charge in [0, 0.05) is 5.56 Å². The van der Waals surface area contributed by atoms with Crippen molar-refractivity contribution < 1.29 is 13.6 Å². The van der Waals surface area contributed by atoms with E-state index in [-0.39, 0.29) is 12.0 Å². The van der Waals surface area contributed by atoms with Gasteiger partial charge in [-0.1, -0.05) is 6.07 Å². The van der Waals surface area contributed by atoms with Crippen LogP contribution in [0.5, 0.6) is 0 Å². The summed E-state index contributed by atoms with van der Waals surface area (Å²) in [7, 11) is 0. The smallest absolute Gasteiger partial charge is 0.225 e. The average Bonchev–Trinajstić information content (AvgIpc) is 2.83. The molecule has 0 bridgehead atoms. The van der Waals surface area contributed by atoms with Crippen LogP contribution in [-0.2, 0) is 11.2 Å². The Morgan fingerprint density at radius 1 is 1.32 bits per heavy atom. The van der Waals surface area contributed by atoms with Crippen LogP contribution in [-0.4, -0.2) is 11.4 Å². The Balaban J connectivity index is 2.08. The molecular weight excluding hydrogens is 250 g/mol. The van der Waals surface area contributed by atoms with E-state index in [1.165, 1.54) is 6.07 Å². The summed E-state index contributed by atoms with van der Waals surface area (Å²) < 4.78 is 26.8. The molecule has 5 heteroatoms. The van der Waals surface area contributed by atoms with E-state index in [0.29, 0.717) is 12.8 Å². The van der Waals surface area contributed by atoms with E-state index in [0.717, 1.165) is 25.0 Å². The zero-order valence-electron chi connectivity index (χ0n) is 10.4. The second-order valence-electron chi connectivity index (χ2n) is 4.83. The van der Waals surface area contributed by atoms with Crippen LogP contribution in [0.1, 0.15) is 31.2 Å². The number of hydrogen-bond acceptors (Lipinski definition) is 2. The van der Waals surface area contributed by atoms with Crippen molar-refractivity contribution in [3.05, 3.63) is 35.4 Å². The number of amides is 1. The fourth-order valence-electron chi connectivity index (χ4n) is 2.42. The quantitative estimate of drug-likeness (QED) is 0.911. The highest BCUT2D eigenvalue weighted by Crippen LogP contribution is 2.29. The van der Waals surface area contributed by atoms with E-state index < -0.39 is 23.1 Å². The molecule has 1 aromatic carbocycles. The molecule has 3 nitrogen and oxygen atoms in total. The Hall–Kier alpha value is -1.96. The number of rotatable bonds is 3. The third-order valence-electron chi connectivity index (χ3n) is 3.45. The highest BCUT2D eigenvalue weighted by Gasteiger charge is 2.35. The number of nitrogens with zero attached hydrogens (tertiary/aromatic N) is 1. The van der Waals surface area contributed by atoms with Crippen molar-refractivity contribution in [3.63, 3.8) is 0 Å². The van der Waals surface area contributed by atoms with Gasteiger partial charge in [-0.2, -0.15) is 5.26 Å². The van der Waals surface area contributed by atoms with Crippen molar-refractivity contribution in [3.8, 4) is 6.07 Å². The average molecular weight is 264 g/mol. The van der Waals surface area contributed by atoms with Gasteiger partial charge in [0.25, 0.3) is 0 Å². The number of nitriles is 1. The molecule has 1 amide bonds. The fraction of sp³-hybridized carbons (Fsp3) is 0.429. The maximum absolute atomic E-state index is 13.4. The monoisotopic (exact) mass is 264 g/mol. The van der Waals surface area contributed by atoms with Crippen molar-refractivity contribution in [1.82, 2.24) is 5.32 Å². The molecule has 2 rings (SSSR count). The van der Waals surface area contributed by atoms with Crippen molar-refractivity contribution in [2.45, 2.75) is 37.6 Å². The first-order valence-corrected chi connectivity index (χ1v) is 6.21. The lowest BCUT2D eigenvalue weighted by Gasteiger charge is -2.22. The maximum atomic E-state index is 13.4. The molecule has 0 unspecified atom stereocenters. The lowest BCUT2D eigenvalue weighted by atomic mass is 9.99. The van der Waals surface area contributed by atoms with E-state index in [9.17, 15) is 13.6 Å². The second kappa shape index (κ2) is 5.35. The van der Waals surface area contributed by atoms with Crippen LogP contribution in [0.4, 0.5) is 8.78 Å². The van der Waals surface area contributed by atoms with Crippen LogP contribution in [0.15, 0.2) is 18.2 Å². The zero-order valence-corrected chi connectivity index (χ0v) is 10.4. The number of halogens is 2. The van der Waals surface area contributed by atoms with Crippen LogP contribution in [0, 0.1) is 23.0 Å². The van der Waals surface area contributed by atoms with Crippen LogP contribution in [0.3, 0.4) is 0 Å². The second-order valence-corrected chi connectivity index (χ2v) is 4.83. The Morgan fingerprint density at radius 2 is 1.89 bits per heavy atom. The van der Waals surface area contributed by atoms with Gasteiger partial charge >= 0.3 is 0 Å². The summed E-state index contributed by atoms with van der Waals surface area (Å²) in [6.07, 6.45) is 2.55. The number of hydrogen-bond donors (Lipinski definition) is 1. The van der Waals surface area contributed by atoms with Gasteiger partial charge in [0.2, 0.25) is 5.91 Å². The van der Waals surface area contributed by atoms with Crippen molar-refractivity contribution in [2.24, 2.45) is 0 Å². The first-order chi connectivity index (χ1) is 9.06. The minimum atomic E-state index is -0.862. The molecule has 19 heavy (non-hydrogen) atoms. The minimum Gasteiger partial charge on any atom is -0.338 e. The molecule has 0 aromatic heterocycles. The predicted octanol–water partition coefficient (Wildman–Crippen LogP) is 2.46.